The molecule has 2 rings (SSSR count). The zero-order chi connectivity index (χ0) is 13.7. The van der Waals surface area contributed by atoms with Crippen LogP contribution in [0.3, 0.4) is 0 Å². The first-order chi connectivity index (χ1) is 9.20. The molecule has 0 amide bonds. The summed E-state index contributed by atoms with van der Waals surface area (Å²) in [5.41, 5.74) is 3.11. The van der Waals surface area contributed by atoms with E-state index in [0.717, 1.165) is 26.3 Å². The Hall–Kier alpha value is 0.0800. The maximum absolute atomic E-state index is 5.91. The lowest BCUT2D eigenvalue weighted by Crippen LogP contribution is -2.06. The van der Waals surface area contributed by atoms with Crippen molar-refractivity contribution >= 4 is 56.8 Å². The van der Waals surface area contributed by atoms with E-state index in [1.807, 2.05) is 36.4 Å². The van der Waals surface area contributed by atoms with Crippen molar-refractivity contribution in [2.75, 3.05) is 4.43 Å². The predicted molar refractivity (Wildman–Crippen MR) is 96.2 cm³/mol. The molecule has 2 nitrogen and oxygen atoms in total. The van der Waals surface area contributed by atoms with E-state index >= 15 is 0 Å². The molecular weight excluding hydrogens is 487 g/mol. The molecule has 5 heteroatoms. The Morgan fingerprint density at radius 2 is 1.95 bits per heavy atom. The van der Waals surface area contributed by atoms with E-state index in [1.54, 1.807) is 6.20 Å². The minimum Gasteiger partial charge on any atom is -0.362 e. The van der Waals surface area contributed by atoms with Crippen LogP contribution in [0.25, 0.3) is 11.3 Å². The fraction of sp³-hybridized carbons (Fsp3) is 0.214. The van der Waals surface area contributed by atoms with E-state index < -0.39 is 0 Å². The Labute approximate surface area is 145 Å². The lowest BCUT2D eigenvalue weighted by atomic mass is 10.1. The third-order valence-electron chi connectivity index (χ3n) is 2.55. The molecule has 2 aromatic rings. The highest BCUT2D eigenvalue weighted by Crippen LogP contribution is 2.24. The van der Waals surface area contributed by atoms with Crippen molar-refractivity contribution in [3.05, 3.63) is 53.2 Å². The van der Waals surface area contributed by atoms with Gasteiger partial charge < -0.3 is 4.74 Å². The van der Waals surface area contributed by atoms with Gasteiger partial charge in [0.25, 0.3) is 0 Å². The van der Waals surface area contributed by atoms with Crippen molar-refractivity contribution in [1.82, 2.24) is 4.98 Å². The number of aromatic nitrogens is 1. The van der Waals surface area contributed by atoms with Crippen LogP contribution in [0.5, 0.6) is 0 Å². The molecule has 0 aliphatic rings. The molecule has 0 saturated heterocycles. The van der Waals surface area contributed by atoms with Crippen LogP contribution < -0.4 is 0 Å². The summed E-state index contributed by atoms with van der Waals surface area (Å²) in [4.78, 5) is 4.45. The van der Waals surface area contributed by atoms with Crippen LogP contribution in [0.4, 0.5) is 0 Å². The van der Waals surface area contributed by atoms with Gasteiger partial charge in [-0.2, -0.15) is 0 Å². The Morgan fingerprint density at radius 3 is 2.63 bits per heavy atom. The molecule has 0 N–H and O–H groups in total. The number of alkyl halides is 2. The number of hydrogen-bond acceptors (Lipinski definition) is 2. The molecule has 0 spiro atoms. The third-order valence-corrected chi connectivity index (χ3v) is 6.09. The monoisotopic (exact) mass is 499 g/mol. The van der Waals surface area contributed by atoms with Gasteiger partial charge in [0, 0.05) is 26.8 Å². The highest BCUT2D eigenvalue weighted by atomic mass is 127. The summed E-state index contributed by atoms with van der Waals surface area (Å²) in [6.07, 6.45) is 1.80. The molecule has 1 heterocycles. The van der Waals surface area contributed by atoms with E-state index in [-0.39, 0.29) is 4.11 Å². The van der Waals surface area contributed by atoms with Gasteiger partial charge in [0.1, 0.15) is 4.11 Å². The molecule has 0 radical (unpaired) electrons. The number of ether oxygens (including phenoxy) is 1. The van der Waals surface area contributed by atoms with E-state index in [2.05, 4.69) is 50.2 Å². The number of rotatable bonds is 5. The molecule has 0 aliphatic heterocycles. The number of nitrogens with zero attached hydrogens (tertiary/aromatic N) is 1. The fourth-order valence-electron chi connectivity index (χ4n) is 1.65. The molecule has 19 heavy (non-hydrogen) atoms. The average Bonchev–Trinajstić information content (AvgIpc) is 2.46. The van der Waals surface area contributed by atoms with Gasteiger partial charge in [0.05, 0.1) is 12.3 Å². The SMILES string of the molecule is Clc1ccc(-c2ncccc2CO[C@H](I)CI)cc1. The average molecular weight is 500 g/mol. The summed E-state index contributed by atoms with van der Waals surface area (Å²) < 4.78 is 6.96. The van der Waals surface area contributed by atoms with Crippen LogP contribution in [0.2, 0.25) is 5.02 Å². The van der Waals surface area contributed by atoms with Gasteiger partial charge in [-0.15, -0.1) is 0 Å². The van der Waals surface area contributed by atoms with E-state index in [9.17, 15) is 0 Å². The maximum Gasteiger partial charge on any atom is 0.118 e. The fourth-order valence-corrected chi connectivity index (χ4v) is 2.21. The number of benzene rings is 1. The number of hydrogen-bond donors (Lipinski definition) is 0. The van der Waals surface area contributed by atoms with Crippen LogP contribution in [-0.4, -0.2) is 13.5 Å². The predicted octanol–water partition coefficient (Wildman–Crippen LogP) is 5.11. The van der Waals surface area contributed by atoms with Crippen molar-refractivity contribution in [3.63, 3.8) is 0 Å². The quantitative estimate of drug-likeness (QED) is 0.421. The van der Waals surface area contributed by atoms with Crippen molar-refractivity contribution in [2.45, 2.75) is 10.7 Å². The van der Waals surface area contributed by atoms with Gasteiger partial charge in [-0.1, -0.05) is 75.0 Å². The molecule has 1 aromatic heterocycles. The van der Waals surface area contributed by atoms with Crippen molar-refractivity contribution < 1.29 is 4.74 Å². The Kier molecular flexibility index (Phi) is 6.31. The highest BCUT2D eigenvalue weighted by molar-refractivity contribution is 14.1. The van der Waals surface area contributed by atoms with Gasteiger partial charge >= 0.3 is 0 Å². The second-order valence-corrected chi connectivity index (χ2v) is 6.60. The van der Waals surface area contributed by atoms with Gasteiger partial charge in [-0.3, -0.25) is 4.98 Å². The second-order valence-electron chi connectivity index (χ2n) is 3.89. The minimum absolute atomic E-state index is 0.219. The molecule has 0 bridgehead atoms. The summed E-state index contributed by atoms with van der Waals surface area (Å²) in [7, 11) is 0. The summed E-state index contributed by atoms with van der Waals surface area (Å²) in [6, 6.07) is 11.7. The van der Waals surface area contributed by atoms with E-state index in [4.69, 9.17) is 16.3 Å². The molecule has 100 valence electrons. The number of halogens is 3. The van der Waals surface area contributed by atoms with Gasteiger partial charge in [0.2, 0.25) is 0 Å². The zero-order valence-corrected chi connectivity index (χ0v) is 15.1. The lowest BCUT2D eigenvalue weighted by Gasteiger charge is -2.11. The van der Waals surface area contributed by atoms with E-state index in [0.29, 0.717) is 6.61 Å². The van der Waals surface area contributed by atoms with Crippen molar-refractivity contribution in [2.24, 2.45) is 0 Å². The van der Waals surface area contributed by atoms with Crippen LogP contribution in [-0.2, 0) is 11.3 Å². The normalized spacial score (nSPS) is 12.4. The van der Waals surface area contributed by atoms with Crippen LogP contribution in [0.1, 0.15) is 5.56 Å². The smallest absolute Gasteiger partial charge is 0.118 e. The summed E-state index contributed by atoms with van der Waals surface area (Å²) in [5, 5.41) is 0.731. The zero-order valence-electron chi connectivity index (χ0n) is 10.0. The third kappa shape index (κ3) is 4.54. The first-order valence-corrected chi connectivity index (χ1v) is 8.87. The first kappa shape index (κ1) is 15.5. The lowest BCUT2D eigenvalue weighted by molar-refractivity contribution is 0.125. The molecule has 0 fully saturated rings. The van der Waals surface area contributed by atoms with Crippen LogP contribution in [0, 0.1) is 0 Å². The van der Waals surface area contributed by atoms with Gasteiger partial charge in [-0.05, 0) is 18.2 Å². The Balaban J connectivity index is 2.23. The van der Waals surface area contributed by atoms with Crippen molar-refractivity contribution in [1.29, 1.82) is 0 Å². The molecule has 1 atom stereocenters. The van der Waals surface area contributed by atoms with E-state index in [1.165, 1.54) is 0 Å². The highest BCUT2D eigenvalue weighted by Gasteiger charge is 2.08. The summed E-state index contributed by atoms with van der Waals surface area (Å²) >= 11 is 10.5. The van der Waals surface area contributed by atoms with Crippen molar-refractivity contribution in [3.8, 4) is 11.3 Å². The molecule has 0 saturated carbocycles. The summed E-state index contributed by atoms with van der Waals surface area (Å²) in [6.45, 7) is 0.572. The first-order valence-electron chi connectivity index (χ1n) is 5.72. The Bertz CT molecular complexity index is 533. The second kappa shape index (κ2) is 7.75. The van der Waals surface area contributed by atoms with Gasteiger partial charge in [-0.25, -0.2) is 0 Å². The minimum atomic E-state index is 0.219. The molecule has 0 unspecified atom stereocenters. The van der Waals surface area contributed by atoms with Crippen LogP contribution >= 0.6 is 56.8 Å². The maximum atomic E-state index is 5.91. The largest absolute Gasteiger partial charge is 0.362 e. The number of pyridine rings is 1. The molecular formula is C14H12ClI2NO. The molecule has 1 aromatic carbocycles. The van der Waals surface area contributed by atoms with Gasteiger partial charge in [0.15, 0.2) is 0 Å². The standard InChI is InChI=1S/C14H12ClI2NO/c15-12-5-3-10(4-6-12)14-11(2-1-7-18-14)9-19-13(17)8-16/h1-7,13H,8-9H2/t13-/m0/s1. The van der Waals surface area contributed by atoms with Crippen LogP contribution in [0.15, 0.2) is 42.6 Å². The topological polar surface area (TPSA) is 22.1 Å². The summed E-state index contributed by atoms with van der Waals surface area (Å²) in [5.74, 6) is 0. The molecule has 0 aliphatic carbocycles. The Morgan fingerprint density at radius 1 is 1.21 bits per heavy atom.